The molecule has 0 aromatic carbocycles. The van der Waals surface area contributed by atoms with Crippen LogP contribution in [0, 0.1) is 5.92 Å². The Morgan fingerprint density at radius 2 is 1.94 bits per heavy atom. The van der Waals surface area contributed by atoms with Crippen LogP contribution in [-0.4, -0.2) is 40.7 Å². The number of rotatable bonds is 8. The third-order valence-corrected chi connectivity index (χ3v) is 3.92. The highest BCUT2D eigenvalue weighted by Gasteiger charge is 2.18. The molecule has 0 aliphatic rings. The van der Waals surface area contributed by atoms with Crippen molar-refractivity contribution in [3.63, 3.8) is 0 Å². The molecule has 0 bridgehead atoms. The molecular formula is C12H23NO4S. The second kappa shape index (κ2) is 9.08. The van der Waals surface area contributed by atoms with E-state index in [1.54, 1.807) is 6.92 Å². The molecule has 1 amide bonds. The number of ether oxygens (including phenoxy) is 1. The van der Waals surface area contributed by atoms with E-state index < -0.39 is 22.7 Å². The van der Waals surface area contributed by atoms with Crippen molar-refractivity contribution < 1.29 is 18.5 Å². The quantitative estimate of drug-likeness (QED) is 0.668. The molecule has 3 atom stereocenters. The zero-order chi connectivity index (χ0) is 14.1. The van der Waals surface area contributed by atoms with Gasteiger partial charge < -0.3 is 10.1 Å². The summed E-state index contributed by atoms with van der Waals surface area (Å²) < 4.78 is 16.2. The maximum absolute atomic E-state index is 11.7. The molecule has 1 N–H and O–H groups in total. The monoisotopic (exact) mass is 277 g/mol. The Balaban J connectivity index is 4.01. The summed E-state index contributed by atoms with van der Waals surface area (Å²) in [6, 6.07) is 0.0949. The van der Waals surface area contributed by atoms with Gasteiger partial charge in [-0.1, -0.05) is 20.3 Å². The van der Waals surface area contributed by atoms with E-state index in [1.165, 1.54) is 7.11 Å². The number of carbonyl (C=O) groups is 2. The summed E-state index contributed by atoms with van der Waals surface area (Å²) in [7, 11) is -0.0431. The molecule has 5 nitrogen and oxygen atoms in total. The molecule has 0 aliphatic carbocycles. The molecule has 0 aliphatic heterocycles. The average molecular weight is 277 g/mol. The van der Waals surface area contributed by atoms with Gasteiger partial charge in [-0.15, -0.1) is 0 Å². The van der Waals surface area contributed by atoms with Crippen LogP contribution in [0.5, 0.6) is 0 Å². The van der Waals surface area contributed by atoms with Gasteiger partial charge in [0.15, 0.2) is 0 Å². The first kappa shape index (κ1) is 17.1. The van der Waals surface area contributed by atoms with Crippen molar-refractivity contribution in [1.82, 2.24) is 5.32 Å². The first-order chi connectivity index (χ1) is 8.40. The molecule has 0 heterocycles. The van der Waals surface area contributed by atoms with Crippen molar-refractivity contribution in [2.75, 3.05) is 18.6 Å². The minimum atomic E-state index is -1.34. The highest BCUT2D eigenvalue weighted by atomic mass is 32.2. The number of hydrogen-bond donors (Lipinski definition) is 1. The van der Waals surface area contributed by atoms with Crippen LogP contribution in [0.1, 0.15) is 33.6 Å². The summed E-state index contributed by atoms with van der Waals surface area (Å²) in [6.45, 7) is 5.60. The van der Waals surface area contributed by atoms with Crippen molar-refractivity contribution in [3.8, 4) is 0 Å². The standard InChI is InChI=1S/C12H23NO4S/c1-5-6-10(3)13-11(14)8-18(16)7-9(2)12(15)17-4/h9-10H,5-8H2,1-4H3,(H,13,14). The summed E-state index contributed by atoms with van der Waals surface area (Å²) in [5.41, 5.74) is 0. The third kappa shape index (κ3) is 7.42. The zero-order valence-electron chi connectivity index (χ0n) is 11.5. The Morgan fingerprint density at radius 3 is 2.44 bits per heavy atom. The predicted molar refractivity (Wildman–Crippen MR) is 71.6 cm³/mol. The molecule has 0 saturated carbocycles. The van der Waals surface area contributed by atoms with Crippen molar-refractivity contribution >= 4 is 22.7 Å². The van der Waals surface area contributed by atoms with E-state index in [1.807, 2.05) is 13.8 Å². The third-order valence-electron chi connectivity index (χ3n) is 2.46. The minimum Gasteiger partial charge on any atom is -0.469 e. The summed E-state index contributed by atoms with van der Waals surface area (Å²) in [5.74, 6) is -0.983. The van der Waals surface area contributed by atoms with Crippen LogP contribution in [0.15, 0.2) is 0 Å². The van der Waals surface area contributed by atoms with E-state index in [9.17, 15) is 13.8 Å². The first-order valence-electron chi connectivity index (χ1n) is 6.12. The average Bonchev–Trinajstić information content (AvgIpc) is 2.27. The second-order valence-electron chi connectivity index (χ2n) is 4.43. The second-order valence-corrected chi connectivity index (χ2v) is 5.93. The van der Waals surface area contributed by atoms with Crippen LogP contribution in [0.25, 0.3) is 0 Å². The summed E-state index contributed by atoms with van der Waals surface area (Å²) in [6.07, 6.45) is 1.89. The fourth-order valence-corrected chi connectivity index (χ4v) is 2.76. The molecule has 106 valence electrons. The van der Waals surface area contributed by atoms with E-state index >= 15 is 0 Å². The summed E-state index contributed by atoms with van der Waals surface area (Å²) >= 11 is 0. The molecule has 0 saturated heterocycles. The van der Waals surface area contributed by atoms with E-state index in [0.29, 0.717) is 0 Å². The lowest BCUT2D eigenvalue weighted by Gasteiger charge is -2.13. The minimum absolute atomic E-state index is 0.0601. The van der Waals surface area contributed by atoms with Gasteiger partial charge in [-0.25, -0.2) is 0 Å². The van der Waals surface area contributed by atoms with E-state index in [4.69, 9.17) is 0 Å². The number of nitrogens with one attached hydrogen (secondary N) is 1. The molecular weight excluding hydrogens is 254 g/mol. The topological polar surface area (TPSA) is 72.5 Å². The van der Waals surface area contributed by atoms with Crippen LogP contribution < -0.4 is 5.32 Å². The number of hydrogen-bond acceptors (Lipinski definition) is 4. The number of carbonyl (C=O) groups excluding carboxylic acids is 2. The number of methoxy groups -OCH3 is 1. The molecule has 0 aromatic rings. The first-order valence-corrected chi connectivity index (χ1v) is 7.61. The van der Waals surface area contributed by atoms with Crippen molar-refractivity contribution in [2.45, 2.75) is 39.7 Å². The van der Waals surface area contributed by atoms with Gasteiger partial charge in [0.1, 0.15) is 5.75 Å². The molecule has 0 radical (unpaired) electrons. The Labute approximate surface area is 111 Å². The SMILES string of the molecule is CCCC(C)NC(=O)CS(=O)CC(C)C(=O)OC. The normalized spacial score (nSPS) is 15.6. The van der Waals surface area contributed by atoms with Gasteiger partial charge in [0, 0.05) is 22.6 Å². The van der Waals surface area contributed by atoms with Crippen molar-refractivity contribution in [2.24, 2.45) is 5.92 Å². The Morgan fingerprint density at radius 1 is 1.33 bits per heavy atom. The lowest BCUT2D eigenvalue weighted by molar-refractivity contribution is -0.144. The van der Waals surface area contributed by atoms with Crippen LogP contribution in [0.2, 0.25) is 0 Å². The van der Waals surface area contributed by atoms with Crippen LogP contribution >= 0.6 is 0 Å². The molecule has 18 heavy (non-hydrogen) atoms. The lowest BCUT2D eigenvalue weighted by Crippen LogP contribution is -2.36. The molecule has 3 unspecified atom stereocenters. The van der Waals surface area contributed by atoms with Gasteiger partial charge in [-0.3, -0.25) is 13.8 Å². The largest absolute Gasteiger partial charge is 0.469 e. The summed E-state index contributed by atoms with van der Waals surface area (Å²) in [5, 5.41) is 2.78. The smallest absolute Gasteiger partial charge is 0.309 e. The maximum atomic E-state index is 11.7. The van der Waals surface area contributed by atoms with Crippen molar-refractivity contribution in [1.29, 1.82) is 0 Å². The van der Waals surface area contributed by atoms with E-state index in [-0.39, 0.29) is 23.5 Å². The van der Waals surface area contributed by atoms with Crippen LogP contribution in [0.3, 0.4) is 0 Å². The van der Waals surface area contributed by atoms with Crippen molar-refractivity contribution in [3.05, 3.63) is 0 Å². The fourth-order valence-electron chi connectivity index (χ4n) is 1.57. The number of esters is 1. The highest BCUT2D eigenvalue weighted by molar-refractivity contribution is 7.85. The lowest BCUT2D eigenvalue weighted by atomic mass is 10.2. The van der Waals surface area contributed by atoms with Gasteiger partial charge >= 0.3 is 5.97 Å². The molecule has 0 fully saturated rings. The Kier molecular flexibility index (Phi) is 8.62. The molecule has 0 rings (SSSR count). The maximum Gasteiger partial charge on any atom is 0.309 e. The molecule has 6 heteroatoms. The van der Waals surface area contributed by atoms with Crippen LogP contribution in [0.4, 0.5) is 0 Å². The molecule has 0 aromatic heterocycles. The molecule has 0 spiro atoms. The van der Waals surface area contributed by atoms with Gasteiger partial charge in [0.05, 0.1) is 13.0 Å². The highest BCUT2D eigenvalue weighted by Crippen LogP contribution is 2.01. The van der Waals surface area contributed by atoms with Gasteiger partial charge in [-0.2, -0.15) is 0 Å². The summed E-state index contributed by atoms with van der Waals surface area (Å²) in [4.78, 5) is 22.7. The number of amides is 1. The van der Waals surface area contributed by atoms with Gasteiger partial charge in [0.25, 0.3) is 0 Å². The van der Waals surface area contributed by atoms with Gasteiger partial charge in [0.2, 0.25) is 5.91 Å². The van der Waals surface area contributed by atoms with Crippen LogP contribution in [-0.2, 0) is 25.1 Å². The predicted octanol–water partition coefficient (Wildman–Crippen LogP) is 0.849. The Hall–Kier alpha value is -0.910. The van der Waals surface area contributed by atoms with E-state index in [0.717, 1.165) is 12.8 Å². The Bertz CT molecular complexity index is 306. The van der Waals surface area contributed by atoms with Gasteiger partial charge in [-0.05, 0) is 13.3 Å². The fraction of sp³-hybridized carbons (Fsp3) is 0.833. The zero-order valence-corrected chi connectivity index (χ0v) is 12.3. The van der Waals surface area contributed by atoms with E-state index in [2.05, 4.69) is 10.1 Å².